The molecule has 3 rings (SSSR count). The predicted octanol–water partition coefficient (Wildman–Crippen LogP) is 4.11. The molecule has 1 N–H and O–H groups in total. The first-order valence-corrected chi connectivity index (χ1v) is 7.98. The molecule has 7 heteroatoms. The number of benzene rings is 1. The highest BCUT2D eigenvalue weighted by Gasteiger charge is 2.06. The zero-order valence-electron chi connectivity index (χ0n) is 10.9. The second-order valence-corrected chi connectivity index (χ2v) is 6.32. The largest absolute Gasteiger partial charge is 0.330 e. The minimum absolute atomic E-state index is 0.283. The van der Waals surface area contributed by atoms with Crippen LogP contribution >= 0.6 is 23.1 Å². The Balaban J connectivity index is 1.61. The molecule has 0 radical (unpaired) electrons. The lowest BCUT2D eigenvalue weighted by Gasteiger charge is -2.00. The Bertz CT molecular complexity index is 718. The SMILES string of the molecule is Fc1cccc(Nc2nnc(SCc3ccccn3)s2)c1. The van der Waals surface area contributed by atoms with Crippen molar-refractivity contribution in [3.63, 3.8) is 0 Å². The van der Waals surface area contributed by atoms with Crippen LogP contribution in [0.5, 0.6) is 0 Å². The van der Waals surface area contributed by atoms with Gasteiger partial charge in [0, 0.05) is 17.6 Å². The van der Waals surface area contributed by atoms with Crippen molar-refractivity contribution in [1.29, 1.82) is 0 Å². The van der Waals surface area contributed by atoms with Crippen LogP contribution in [-0.4, -0.2) is 15.2 Å². The van der Waals surface area contributed by atoms with Crippen molar-refractivity contribution < 1.29 is 4.39 Å². The number of aromatic nitrogens is 3. The quantitative estimate of drug-likeness (QED) is 0.718. The molecule has 0 aliphatic heterocycles. The van der Waals surface area contributed by atoms with Gasteiger partial charge < -0.3 is 5.32 Å². The first-order valence-electron chi connectivity index (χ1n) is 6.18. The summed E-state index contributed by atoms with van der Waals surface area (Å²) in [6.07, 6.45) is 1.77. The van der Waals surface area contributed by atoms with Gasteiger partial charge in [-0.2, -0.15) is 0 Å². The first kappa shape index (κ1) is 14.0. The van der Waals surface area contributed by atoms with Crippen LogP contribution in [0.4, 0.5) is 15.2 Å². The van der Waals surface area contributed by atoms with Crippen LogP contribution in [0, 0.1) is 5.82 Å². The van der Waals surface area contributed by atoms with E-state index in [4.69, 9.17) is 0 Å². The van der Waals surface area contributed by atoms with E-state index in [9.17, 15) is 4.39 Å². The summed E-state index contributed by atoms with van der Waals surface area (Å²) >= 11 is 3.01. The topological polar surface area (TPSA) is 50.7 Å². The van der Waals surface area contributed by atoms with Gasteiger partial charge in [-0.3, -0.25) is 4.98 Å². The average molecular weight is 318 g/mol. The Morgan fingerprint density at radius 1 is 1.14 bits per heavy atom. The minimum atomic E-state index is -0.283. The number of pyridine rings is 1. The molecule has 0 aliphatic carbocycles. The molecule has 106 valence electrons. The van der Waals surface area contributed by atoms with Crippen molar-refractivity contribution in [2.45, 2.75) is 10.1 Å². The Morgan fingerprint density at radius 2 is 2.10 bits per heavy atom. The van der Waals surface area contributed by atoms with Crippen molar-refractivity contribution in [3.8, 4) is 0 Å². The summed E-state index contributed by atoms with van der Waals surface area (Å²) in [6, 6.07) is 12.1. The Hall–Kier alpha value is -1.99. The zero-order valence-corrected chi connectivity index (χ0v) is 12.5. The number of nitrogens with zero attached hydrogens (tertiary/aromatic N) is 3. The summed E-state index contributed by atoms with van der Waals surface area (Å²) in [7, 11) is 0. The maximum absolute atomic E-state index is 13.1. The van der Waals surface area contributed by atoms with Crippen LogP contribution < -0.4 is 5.32 Å². The van der Waals surface area contributed by atoms with E-state index in [1.807, 2.05) is 18.2 Å². The van der Waals surface area contributed by atoms with Crippen LogP contribution in [0.15, 0.2) is 53.0 Å². The van der Waals surface area contributed by atoms with E-state index >= 15 is 0 Å². The predicted molar refractivity (Wildman–Crippen MR) is 83.4 cm³/mol. The molecule has 0 spiro atoms. The van der Waals surface area contributed by atoms with E-state index in [-0.39, 0.29) is 5.82 Å². The fourth-order valence-electron chi connectivity index (χ4n) is 1.63. The van der Waals surface area contributed by atoms with Gasteiger partial charge in [-0.1, -0.05) is 35.2 Å². The molecule has 0 saturated heterocycles. The molecule has 0 amide bonds. The van der Waals surface area contributed by atoms with Gasteiger partial charge >= 0.3 is 0 Å². The van der Waals surface area contributed by atoms with Crippen molar-refractivity contribution in [1.82, 2.24) is 15.2 Å². The molecule has 0 bridgehead atoms. The van der Waals surface area contributed by atoms with E-state index < -0.39 is 0 Å². The average Bonchev–Trinajstić information content (AvgIpc) is 2.94. The van der Waals surface area contributed by atoms with E-state index in [2.05, 4.69) is 20.5 Å². The van der Waals surface area contributed by atoms with E-state index in [0.29, 0.717) is 10.8 Å². The van der Waals surface area contributed by atoms with Gasteiger partial charge in [-0.15, -0.1) is 10.2 Å². The fraction of sp³-hybridized carbons (Fsp3) is 0.0714. The van der Waals surface area contributed by atoms with E-state index in [0.717, 1.165) is 15.8 Å². The summed E-state index contributed by atoms with van der Waals surface area (Å²) in [6.45, 7) is 0. The van der Waals surface area contributed by atoms with Gasteiger partial charge in [0.05, 0.1) is 5.69 Å². The molecule has 2 aromatic heterocycles. The highest BCUT2D eigenvalue weighted by molar-refractivity contribution is 8.00. The number of hydrogen-bond acceptors (Lipinski definition) is 6. The van der Waals surface area contributed by atoms with Crippen molar-refractivity contribution in [3.05, 3.63) is 60.2 Å². The Kier molecular flexibility index (Phi) is 4.42. The lowest BCUT2D eigenvalue weighted by atomic mass is 10.3. The first-order chi connectivity index (χ1) is 10.3. The second-order valence-electron chi connectivity index (χ2n) is 4.12. The number of anilines is 2. The number of hydrogen-bond donors (Lipinski definition) is 1. The summed E-state index contributed by atoms with van der Waals surface area (Å²) in [5, 5.41) is 11.8. The molecule has 2 heterocycles. The summed E-state index contributed by atoms with van der Waals surface area (Å²) in [5.74, 6) is 0.462. The van der Waals surface area contributed by atoms with Crippen LogP contribution in [-0.2, 0) is 5.75 Å². The number of halogens is 1. The van der Waals surface area contributed by atoms with Gasteiger partial charge in [0.2, 0.25) is 5.13 Å². The van der Waals surface area contributed by atoms with Gasteiger partial charge in [0.15, 0.2) is 4.34 Å². The van der Waals surface area contributed by atoms with Crippen molar-refractivity contribution in [2.75, 3.05) is 5.32 Å². The number of rotatable bonds is 5. The third-order valence-corrected chi connectivity index (χ3v) is 4.56. The van der Waals surface area contributed by atoms with Crippen molar-refractivity contribution >= 4 is 33.9 Å². The Labute approximate surface area is 129 Å². The third kappa shape index (κ3) is 3.99. The van der Waals surface area contributed by atoms with Gasteiger partial charge in [0.25, 0.3) is 0 Å². The molecular weight excluding hydrogens is 307 g/mol. The van der Waals surface area contributed by atoms with Crippen LogP contribution in [0.2, 0.25) is 0 Å². The molecule has 0 atom stereocenters. The lowest BCUT2D eigenvalue weighted by molar-refractivity contribution is 0.628. The highest BCUT2D eigenvalue weighted by Crippen LogP contribution is 2.29. The molecule has 3 aromatic rings. The van der Waals surface area contributed by atoms with Crippen LogP contribution in [0.3, 0.4) is 0 Å². The van der Waals surface area contributed by atoms with Gasteiger partial charge in [-0.05, 0) is 30.3 Å². The number of nitrogens with one attached hydrogen (secondary N) is 1. The molecule has 4 nitrogen and oxygen atoms in total. The summed E-state index contributed by atoms with van der Waals surface area (Å²) in [4.78, 5) is 4.26. The normalized spacial score (nSPS) is 10.5. The second kappa shape index (κ2) is 6.64. The smallest absolute Gasteiger partial charge is 0.210 e. The molecule has 1 aromatic carbocycles. The van der Waals surface area contributed by atoms with Gasteiger partial charge in [-0.25, -0.2) is 4.39 Å². The molecule has 0 fully saturated rings. The summed E-state index contributed by atoms with van der Waals surface area (Å²) < 4.78 is 13.9. The molecule has 0 aliphatic rings. The monoisotopic (exact) mass is 318 g/mol. The maximum atomic E-state index is 13.1. The fourth-order valence-corrected chi connectivity index (χ4v) is 3.32. The van der Waals surface area contributed by atoms with E-state index in [1.165, 1.54) is 23.5 Å². The van der Waals surface area contributed by atoms with Crippen LogP contribution in [0.25, 0.3) is 0 Å². The van der Waals surface area contributed by atoms with Crippen molar-refractivity contribution in [2.24, 2.45) is 0 Å². The van der Waals surface area contributed by atoms with Crippen LogP contribution in [0.1, 0.15) is 5.69 Å². The Morgan fingerprint density at radius 3 is 2.90 bits per heavy atom. The number of thioether (sulfide) groups is 1. The van der Waals surface area contributed by atoms with Gasteiger partial charge in [0.1, 0.15) is 5.82 Å². The minimum Gasteiger partial charge on any atom is -0.330 e. The molecular formula is C14H11FN4S2. The standard InChI is InChI=1S/C14H11FN4S2/c15-10-4-3-6-11(8-10)17-13-18-19-14(21-13)20-9-12-5-1-2-7-16-12/h1-8H,9H2,(H,17,18). The maximum Gasteiger partial charge on any atom is 0.210 e. The third-order valence-electron chi connectivity index (χ3n) is 2.55. The molecule has 0 unspecified atom stereocenters. The zero-order chi connectivity index (χ0) is 14.5. The van der Waals surface area contributed by atoms with E-state index in [1.54, 1.807) is 30.1 Å². The molecule has 0 saturated carbocycles. The summed E-state index contributed by atoms with van der Waals surface area (Å²) in [5.41, 5.74) is 1.66. The lowest BCUT2D eigenvalue weighted by Crippen LogP contribution is -1.89. The molecule has 21 heavy (non-hydrogen) atoms. The highest BCUT2D eigenvalue weighted by atomic mass is 32.2.